The number of hydrogen-bond acceptors (Lipinski definition) is 3. The minimum absolute atomic E-state index is 0.144. The molecule has 0 aliphatic rings. The van der Waals surface area contributed by atoms with Crippen molar-refractivity contribution < 1.29 is 9.59 Å². The van der Waals surface area contributed by atoms with Crippen LogP contribution in [0.5, 0.6) is 0 Å². The van der Waals surface area contributed by atoms with Crippen LogP contribution in [0.1, 0.15) is 26.3 Å². The summed E-state index contributed by atoms with van der Waals surface area (Å²) in [7, 11) is 1.58. The summed E-state index contributed by atoms with van der Waals surface area (Å²) in [6.07, 6.45) is 3.00. The maximum Gasteiger partial charge on any atom is 0.259 e. The van der Waals surface area contributed by atoms with Gasteiger partial charge in [-0.15, -0.1) is 0 Å². The summed E-state index contributed by atoms with van der Waals surface area (Å²) in [6.45, 7) is 3.33. The first-order valence-electron chi connectivity index (χ1n) is 6.91. The average Bonchev–Trinajstić information content (AvgIpc) is 2.51. The number of hydrogen-bond donors (Lipinski definition) is 1. The van der Waals surface area contributed by atoms with E-state index in [0.717, 1.165) is 16.1 Å². The first kappa shape index (κ1) is 18.1. The quantitative estimate of drug-likeness (QED) is 0.849. The van der Waals surface area contributed by atoms with E-state index in [4.69, 9.17) is 4.79 Å². The number of likely N-dealkylation sites (N-methyl/N-ethyl adjacent to an activating group) is 1. The van der Waals surface area contributed by atoms with E-state index in [1.165, 1.54) is 11.5 Å². The summed E-state index contributed by atoms with van der Waals surface area (Å²) >= 11 is 3.36. The SMILES string of the molecule is CC=O.CCC(C(=O)NC)n1ccc2ccc(Br)cc2c1=O. The molecule has 0 aliphatic carbocycles. The van der Waals surface area contributed by atoms with Crippen LogP contribution >= 0.6 is 15.9 Å². The Bertz CT molecular complexity index is 725. The van der Waals surface area contributed by atoms with Crippen molar-refractivity contribution in [2.24, 2.45) is 0 Å². The number of carbonyl (C=O) groups is 2. The zero-order chi connectivity index (χ0) is 16.7. The van der Waals surface area contributed by atoms with Gasteiger partial charge in [-0.1, -0.05) is 28.9 Å². The average molecular weight is 367 g/mol. The summed E-state index contributed by atoms with van der Waals surface area (Å²) in [5, 5.41) is 4.08. The molecule has 1 aromatic heterocycles. The molecule has 0 radical (unpaired) electrons. The molecule has 1 atom stereocenters. The van der Waals surface area contributed by atoms with Gasteiger partial charge in [0.05, 0.1) is 0 Å². The Morgan fingerprint density at radius 1 is 1.41 bits per heavy atom. The van der Waals surface area contributed by atoms with Crippen LogP contribution in [0.2, 0.25) is 0 Å². The minimum Gasteiger partial charge on any atom is -0.357 e. The van der Waals surface area contributed by atoms with Gasteiger partial charge >= 0.3 is 0 Å². The fourth-order valence-electron chi connectivity index (χ4n) is 2.15. The molecule has 1 heterocycles. The van der Waals surface area contributed by atoms with Crippen molar-refractivity contribution in [2.75, 3.05) is 7.05 Å². The van der Waals surface area contributed by atoms with Gasteiger partial charge in [-0.25, -0.2) is 0 Å². The first-order chi connectivity index (χ1) is 10.5. The molecule has 118 valence electrons. The molecule has 0 spiro atoms. The molecule has 1 aromatic carbocycles. The van der Waals surface area contributed by atoms with Gasteiger partial charge in [0.15, 0.2) is 0 Å². The molecule has 2 rings (SSSR count). The highest BCUT2D eigenvalue weighted by Gasteiger charge is 2.18. The minimum atomic E-state index is -0.471. The normalized spacial score (nSPS) is 11.3. The summed E-state index contributed by atoms with van der Waals surface area (Å²) in [5.41, 5.74) is -0.144. The highest BCUT2D eigenvalue weighted by atomic mass is 79.9. The van der Waals surface area contributed by atoms with E-state index in [1.54, 1.807) is 19.3 Å². The Kier molecular flexibility index (Phi) is 6.98. The predicted octanol–water partition coefficient (Wildman–Crippen LogP) is 2.67. The van der Waals surface area contributed by atoms with Crippen LogP contribution < -0.4 is 10.9 Å². The van der Waals surface area contributed by atoms with E-state index in [0.29, 0.717) is 11.8 Å². The van der Waals surface area contributed by atoms with Crippen LogP contribution in [0.3, 0.4) is 0 Å². The molecule has 0 aliphatic heterocycles. The lowest BCUT2D eigenvalue weighted by molar-refractivity contribution is -0.124. The second kappa shape index (κ2) is 8.48. The van der Waals surface area contributed by atoms with Crippen LogP contribution in [0.4, 0.5) is 0 Å². The Morgan fingerprint density at radius 2 is 2.05 bits per heavy atom. The number of amides is 1. The molecular formula is C16H19BrN2O3. The molecule has 22 heavy (non-hydrogen) atoms. The summed E-state index contributed by atoms with van der Waals surface area (Å²) < 4.78 is 2.34. The fourth-order valence-corrected chi connectivity index (χ4v) is 2.51. The fraction of sp³-hybridized carbons (Fsp3) is 0.312. The zero-order valence-electron chi connectivity index (χ0n) is 12.8. The third-order valence-corrected chi connectivity index (χ3v) is 3.66. The highest BCUT2D eigenvalue weighted by molar-refractivity contribution is 9.10. The standard InChI is InChI=1S/C14H15BrN2O2.C2H4O/c1-3-12(13(18)16-2)17-7-6-9-4-5-10(15)8-11(9)14(17)19;1-2-3/h4-8,12H,3H2,1-2H3,(H,16,18);2H,1H3. The molecule has 0 saturated carbocycles. The van der Waals surface area contributed by atoms with Crippen molar-refractivity contribution in [3.63, 3.8) is 0 Å². The number of carbonyl (C=O) groups excluding carboxylic acids is 2. The third kappa shape index (κ3) is 4.04. The highest BCUT2D eigenvalue weighted by Crippen LogP contribution is 2.18. The van der Waals surface area contributed by atoms with Gasteiger partial charge in [0.1, 0.15) is 12.3 Å². The Morgan fingerprint density at radius 3 is 2.59 bits per heavy atom. The third-order valence-electron chi connectivity index (χ3n) is 3.17. The van der Waals surface area contributed by atoms with Gasteiger partial charge < -0.3 is 14.7 Å². The largest absolute Gasteiger partial charge is 0.357 e. The molecule has 0 fully saturated rings. The molecule has 5 nitrogen and oxygen atoms in total. The summed E-state index contributed by atoms with van der Waals surface area (Å²) in [6, 6.07) is 6.94. The lowest BCUT2D eigenvalue weighted by Crippen LogP contribution is -2.35. The van der Waals surface area contributed by atoms with Gasteiger partial charge in [0.2, 0.25) is 5.91 Å². The predicted molar refractivity (Wildman–Crippen MR) is 91.0 cm³/mol. The van der Waals surface area contributed by atoms with Crippen LogP contribution in [0, 0.1) is 0 Å². The number of nitrogens with one attached hydrogen (secondary N) is 1. The molecular weight excluding hydrogens is 348 g/mol. The van der Waals surface area contributed by atoms with E-state index < -0.39 is 6.04 Å². The Balaban J connectivity index is 0.000000745. The van der Waals surface area contributed by atoms with Crippen LogP contribution in [-0.2, 0) is 9.59 Å². The van der Waals surface area contributed by atoms with Crippen LogP contribution in [-0.4, -0.2) is 23.8 Å². The number of nitrogens with zero attached hydrogens (tertiary/aromatic N) is 1. The Labute approximate surface area is 137 Å². The number of benzene rings is 1. The van der Waals surface area contributed by atoms with E-state index >= 15 is 0 Å². The molecule has 1 unspecified atom stereocenters. The van der Waals surface area contributed by atoms with E-state index in [-0.39, 0.29) is 11.5 Å². The van der Waals surface area contributed by atoms with Crippen molar-refractivity contribution in [3.8, 4) is 0 Å². The summed E-state index contributed by atoms with van der Waals surface area (Å²) in [5.74, 6) is -0.154. The monoisotopic (exact) mass is 366 g/mol. The maximum absolute atomic E-state index is 12.5. The van der Waals surface area contributed by atoms with Crippen LogP contribution in [0.15, 0.2) is 39.7 Å². The van der Waals surface area contributed by atoms with Gasteiger partial charge in [0.25, 0.3) is 5.56 Å². The summed E-state index contributed by atoms with van der Waals surface area (Å²) in [4.78, 5) is 33.1. The maximum atomic E-state index is 12.5. The van der Waals surface area contributed by atoms with Crippen molar-refractivity contribution in [3.05, 3.63) is 45.3 Å². The van der Waals surface area contributed by atoms with Crippen molar-refractivity contribution in [1.29, 1.82) is 0 Å². The number of rotatable bonds is 3. The number of fused-ring (bicyclic) bond motifs is 1. The molecule has 0 saturated heterocycles. The molecule has 1 N–H and O–H groups in total. The number of aldehydes is 1. The van der Waals surface area contributed by atoms with Crippen molar-refractivity contribution >= 4 is 38.9 Å². The van der Waals surface area contributed by atoms with E-state index in [9.17, 15) is 9.59 Å². The van der Waals surface area contributed by atoms with Crippen molar-refractivity contribution in [1.82, 2.24) is 9.88 Å². The van der Waals surface area contributed by atoms with Crippen molar-refractivity contribution in [2.45, 2.75) is 26.3 Å². The Hall–Kier alpha value is -1.95. The molecule has 6 heteroatoms. The number of pyridine rings is 1. The number of halogens is 1. The molecule has 2 aromatic rings. The lowest BCUT2D eigenvalue weighted by Gasteiger charge is -2.17. The first-order valence-corrected chi connectivity index (χ1v) is 7.71. The van der Waals surface area contributed by atoms with Gasteiger partial charge in [-0.2, -0.15) is 0 Å². The van der Waals surface area contributed by atoms with Gasteiger partial charge in [-0.05, 0) is 36.9 Å². The van der Waals surface area contributed by atoms with E-state index in [2.05, 4.69) is 21.2 Å². The van der Waals surface area contributed by atoms with Gasteiger partial charge in [0, 0.05) is 23.1 Å². The molecule has 0 bridgehead atoms. The zero-order valence-corrected chi connectivity index (χ0v) is 14.4. The van der Waals surface area contributed by atoms with E-state index in [1.807, 2.05) is 25.1 Å². The topological polar surface area (TPSA) is 68.2 Å². The lowest BCUT2D eigenvalue weighted by atomic mass is 10.1. The smallest absolute Gasteiger partial charge is 0.259 e. The van der Waals surface area contributed by atoms with Gasteiger partial charge in [-0.3, -0.25) is 9.59 Å². The second-order valence-corrected chi connectivity index (χ2v) is 5.45. The van der Waals surface area contributed by atoms with Crippen LogP contribution in [0.25, 0.3) is 10.8 Å². The number of aromatic nitrogens is 1. The molecule has 1 amide bonds. The second-order valence-electron chi connectivity index (χ2n) is 4.53.